The molecule has 0 bridgehead atoms. The van der Waals surface area contributed by atoms with Crippen molar-refractivity contribution in [3.8, 4) is 0 Å². The first-order valence-corrected chi connectivity index (χ1v) is 5.53. The smallest absolute Gasteiger partial charge is 0.249 e. The van der Waals surface area contributed by atoms with Crippen molar-refractivity contribution in [2.24, 2.45) is 0 Å². The van der Waals surface area contributed by atoms with Gasteiger partial charge in [-0.2, -0.15) is 0 Å². The van der Waals surface area contributed by atoms with Crippen molar-refractivity contribution in [2.75, 3.05) is 0 Å². The fourth-order valence-corrected chi connectivity index (χ4v) is 1.69. The molecule has 86 valence electrons. The zero-order valence-corrected chi connectivity index (χ0v) is 9.58. The lowest BCUT2D eigenvalue weighted by atomic mass is 10.1. The van der Waals surface area contributed by atoms with Gasteiger partial charge in [-0.15, -0.1) is 0 Å². The Morgan fingerprint density at radius 1 is 1.47 bits per heavy atom. The molecule has 3 atom stereocenters. The van der Waals surface area contributed by atoms with Gasteiger partial charge in [-0.05, 0) is 26.7 Å². The third kappa shape index (κ3) is 3.30. The average molecular weight is 213 g/mol. The first-order valence-electron chi connectivity index (χ1n) is 5.53. The maximum Gasteiger partial charge on any atom is 0.249 e. The highest BCUT2D eigenvalue weighted by Crippen LogP contribution is 2.19. The number of carbonyl (C=O) groups excluding carboxylic acids is 2. The van der Waals surface area contributed by atoms with Crippen molar-refractivity contribution in [2.45, 2.75) is 58.3 Å². The van der Waals surface area contributed by atoms with E-state index in [0.29, 0.717) is 6.42 Å². The fraction of sp³-hybridized carbons (Fsp3) is 0.818. The molecule has 0 radical (unpaired) electrons. The van der Waals surface area contributed by atoms with Crippen LogP contribution in [-0.2, 0) is 14.3 Å². The summed E-state index contributed by atoms with van der Waals surface area (Å²) < 4.78 is 5.41. The predicted octanol–water partition coefficient (Wildman–Crippen LogP) is 1.04. The molecule has 1 aliphatic heterocycles. The number of nitrogens with one attached hydrogen (secondary N) is 1. The number of Topliss-reactive ketones (excluding diaryl/α,β-unsaturated/α-hetero) is 1. The summed E-state index contributed by atoms with van der Waals surface area (Å²) in [6, 6.07) is -0.401. The van der Waals surface area contributed by atoms with Crippen LogP contribution < -0.4 is 5.32 Å². The quantitative estimate of drug-likeness (QED) is 0.759. The van der Waals surface area contributed by atoms with Gasteiger partial charge in [0.25, 0.3) is 0 Å². The highest BCUT2D eigenvalue weighted by atomic mass is 16.5. The van der Waals surface area contributed by atoms with E-state index in [2.05, 4.69) is 5.32 Å². The van der Waals surface area contributed by atoms with Crippen LogP contribution in [0.1, 0.15) is 40.0 Å². The molecule has 1 saturated heterocycles. The Balaban J connectivity index is 2.38. The van der Waals surface area contributed by atoms with Crippen LogP contribution in [-0.4, -0.2) is 29.9 Å². The molecular formula is C11H19NO3. The minimum atomic E-state index is -0.401. The summed E-state index contributed by atoms with van der Waals surface area (Å²) in [5, 5.41) is 2.68. The molecule has 15 heavy (non-hydrogen) atoms. The van der Waals surface area contributed by atoms with E-state index in [9.17, 15) is 9.59 Å². The second-order valence-electron chi connectivity index (χ2n) is 4.06. The molecule has 0 saturated carbocycles. The minimum Gasteiger partial charge on any atom is -0.365 e. The molecule has 1 aliphatic rings. The topological polar surface area (TPSA) is 55.4 Å². The zero-order chi connectivity index (χ0) is 11.4. The molecule has 0 spiro atoms. The Labute approximate surface area is 90.4 Å². The third-order valence-corrected chi connectivity index (χ3v) is 2.71. The van der Waals surface area contributed by atoms with E-state index in [1.165, 1.54) is 0 Å². The SMILES string of the molecule is CCC(=O)C(C)NC(=O)C1CCC(C)O1. The summed E-state index contributed by atoms with van der Waals surface area (Å²) in [5.74, 6) is -0.108. The number of amides is 1. The maximum absolute atomic E-state index is 11.6. The van der Waals surface area contributed by atoms with E-state index in [-0.39, 0.29) is 23.9 Å². The number of rotatable bonds is 4. The maximum atomic E-state index is 11.6. The largest absolute Gasteiger partial charge is 0.365 e. The van der Waals surface area contributed by atoms with Crippen LogP contribution in [0.3, 0.4) is 0 Å². The van der Waals surface area contributed by atoms with Gasteiger partial charge in [0.15, 0.2) is 5.78 Å². The summed E-state index contributed by atoms with van der Waals surface area (Å²) in [4.78, 5) is 22.9. The monoisotopic (exact) mass is 213 g/mol. The molecule has 0 aliphatic carbocycles. The lowest BCUT2D eigenvalue weighted by Crippen LogP contribution is -2.43. The van der Waals surface area contributed by atoms with Gasteiger partial charge in [-0.1, -0.05) is 6.92 Å². The second kappa shape index (κ2) is 5.26. The van der Waals surface area contributed by atoms with Crippen LogP contribution >= 0.6 is 0 Å². The summed E-state index contributed by atoms with van der Waals surface area (Å²) in [6.45, 7) is 5.45. The Morgan fingerprint density at radius 3 is 2.60 bits per heavy atom. The van der Waals surface area contributed by atoms with Gasteiger partial charge in [0.1, 0.15) is 6.10 Å². The number of carbonyl (C=O) groups is 2. The molecule has 0 aromatic carbocycles. The zero-order valence-electron chi connectivity index (χ0n) is 9.58. The minimum absolute atomic E-state index is 0.0504. The molecule has 1 amide bonds. The molecular weight excluding hydrogens is 194 g/mol. The highest BCUT2D eigenvalue weighted by Gasteiger charge is 2.29. The number of ketones is 1. The van der Waals surface area contributed by atoms with Gasteiger partial charge in [-0.3, -0.25) is 9.59 Å². The van der Waals surface area contributed by atoms with Crippen molar-refractivity contribution < 1.29 is 14.3 Å². The highest BCUT2D eigenvalue weighted by molar-refractivity contribution is 5.90. The van der Waals surface area contributed by atoms with Crippen molar-refractivity contribution in [1.29, 1.82) is 0 Å². The third-order valence-electron chi connectivity index (χ3n) is 2.71. The van der Waals surface area contributed by atoms with Crippen LogP contribution in [0.4, 0.5) is 0 Å². The summed E-state index contributed by atoms with van der Waals surface area (Å²) in [7, 11) is 0. The number of hydrogen-bond acceptors (Lipinski definition) is 3. The van der Waals surface area contributed by atoms with E-state index >= 15 is 0 Å². The fourth-order valence-electron chi connectivity index (χ4n) is 1.69. The lowest BCUT2D eigenvalue weighted by molar-refractivity contribution is -0.134. The first-order chi connectivity index (χ1) is 7.04. The van der Waals surface area contributed by atoms with Gasteiger partial charge in [-0.25, -0.2) is 0 Å². The normalized spacial score (nSPS) is 27.4. The van der Waals surface area contributed by atoms with E-state index in [4.69, 9.17) is 4.74 Å². The van der Waals surface area contributed by atoms with Crippen LogP contribution in [0.5, 0.6) is 0 Å². The molecule has 1 N–H and O–H groups in total. The summed E-state index contributed by atoms with van der Waals surface area (Å²) in [6.07, 6.45) is 1.89. The average Bonchev–Trinajstić information content (AvgIpc) is 2.63. The van der Waals surface area contributed by atoms with Crippen molar-refractivity contribution in [3.63, 3.8) is 0 Å². The molecule has 4 heteroatoms. The Bertz CT molecular complexity index is 252. The Morgan fingerprint density at radius 2 is 2.13 bits per heavy atom. The molecule has 0 aromatic rings. The van der Waals surface area contributed by atoms with Gasteiger partial charge in [0.05, 0.1) is 12.1 Å². The van der Waals surface area contributed by atoms with Gasteiger partial charge in [0.2, 0.25) is 5.91 Å². The van der Waals surface area contributed by atoms with Crippen LogP contribution in [0, 0.1) is 0 Å². The van der Waals surface area contributed by atoms with Crippen molar-refractivity contribution in [3.05, 3.63) is 0 Å². The van der Waals surface area contributed by atoms with Gasteiger partial charge < -0.3 is 10.1 Å². The van der Waals surface area contributed by atoms with Crippen molar-refractivity contribution in [1.82, 2.24) is 5.32 Å². The molecule has 1 fully saturated rings. The predicted molar refractivity (Wildman–Crippen MR) is 56.5 cm³/mol. The summed E-state index contributed by atoms with van der Waals surface area (Å²) in [5.41, 5.74) is 0. The molecule has 1 heterocycles. The molecule has 3 unspecified atom stereocenters. The van der Waals surface area contributed by atoms with Crippen molar-refractivity contribution >= 4 is 11.7 Å². The summed E-state index contributed by atoms with van der Waals surface area (Å²) >= 11 is 0. The van der Waals surface area contributed by atoms with E-state index in [1.807, 2.05) is 6.92 Å². The van der Waals surface area contributed by atoms with E-state index in [0.717, 1.165) is 12.8 Å². The number of hydrogen-bond donors (Lipinski definition) is 1. The van der Waals surface area contributed by atoms with E-state index in [1.54, 1.807) is 13.8 Å². The molecule has 1 rings (SSSR count). The Hall–Kier alpha value is -0.900. The van der Waals surface area contributed by atoms with E-state index < -0.39 is 6.04 Å². The Kier molecular flexibility index (Phi) is 4.27. The second-order valence-corrected chi connectivity index (χ2v) is 4.06. The molecule has 0 aromatic heterocycles. The lowest BCUT2D eigenvalue weighted by Gasteiger charge is -2.15. The van der Waals surface area contributed by atoms with Crippen LogP contribution in [0.25, 0.3) is 0 Å². The van der Waals surface area contributed by atoms with Crippen LogP contribution in [0.15, 0.2) is 0 Å². The standard InChI is InChI=1S/C11H19NO3/c1-4-9(13)8(3)12-11(14)10-6-5-7(2)15-10/h7-8,10H,4-6H2,1-3H3,(H,12,14). The first kappa shape index (κ1) is 12.2. The number of ether oxygens (including phenoxy) is 1. The molecule has 4 nitrogen and oxygen atoms in total. The van der Waals surface area contributed by atoms with Gasteiger partial charge >= 0.3 is 0 Å². The van der Waals surface area contributed by atoms with Gasteiger partial charge in [0, 0.05) is 6.42 Å². The van der Waals surface area contributed by atoms with Crippen LogP contribution in [0.2, 0.25) is 0 Å².